The van der Waals surface area contributed by atoms with Crippen molar-refractivity contribution in [2.75, 3.05) is 41.8 Å². The van der Waals surface area contributed by atoms with Gasteiger partial charge in [0.1, 0.15) is 5.82 Å². The third-order valence-electron chi connectivity index (χ3n) is 4.77. The first-order chi connectivity index (χ1) is 13.2. The van der Waals surface area contributed by atoms with Crippen LogP contribution in [0.2, 0.25) is 0 Å². The van der Waals surface area contributed by atoms with Crippen LogP contribution in [0.1, 0.15) is 25.0 Å². The second-order valence-corrected chi connectivity index (χ2v) is 7.19. The maximum absolute atomic E-state index is 11.9. The molecule has 0 bridgehead atoms. The topological polar surface area (TPSA) is 79.4 Å². The summed E-state index contributed by atoms with van der Waals surface area (Å²) >= 11 is 0. The number of nitrogens with zero attached hydrogens (tertiary/aromatic N) is 3. The summed E-state index contributed by atoms with van der Waals surface area (Å²) in [5.74, 6) is 2.17. The van der Waals surface area contributed by atoms with E-state index in [1.165, 1.54) is 12.8 Å². The smallest absolute Gasteiger partial charge is 0.229 e. The fourth-order valence-electron chi connectivity index (χ4n) is 3.12. The molecule has 2 heterocycles. The molecule has 0 spiro atoms. The molecule has 2 aromatic rings. The summed E-state index contributed by atoms with van der Waals surface area (Å²) in [5.41, 5.74) is 2.61. The number of anilines is 4. The van der Waals surface area contributed by atoms with E-state index in [1.807, 2.05) is 37.3 Å². The SMILES string of the molecule is Cc1cc(N2CCOCC2)nc(Nc2ccc(NC(=O)CC3CC3)cc2)n1. The fraction of sp³-hybridized carbons (Fsp3) is 0.450. The number of morpholine rings is 1. The average molecular weight is 367 g/mol. The summed E-state index contributed by atoms with van der Waals surface area (Å²) in [5, 5.41) is 6.20. The van der Waals surface area contributed by atoms with Crippen LogP contribution in [0.5, 0.6) is 0 Å². The van der Waals surface area contributed by atoms with Crippen LogP contribution in [0.15, 0.2) is 30.3 Å². The Labute approximate surface area is 159 Å². The van der Waals surface area contributed by atoms with Crippen LogP contribution in [0.4, 0.5) is 23.1 Å². The lowest BCUT2D eigenvalue weighted by molar-refractivity contribution is -0.116. The second kappa shape index (κ2) is 7.92. The van der Waals surface area contributed by atoms with Gasteiger partial charge in [-0.15, -0.1) is 0 Å². The lowest BCUT2D eigenvalue weighted by Gasteiger charge is -2.28. The van der Waals surface area contributed by atoms with E-state index >= 15 is 0 Å². The summed E-state index contributed by atoms with van der Waals surface area (Å²) in [6.45, 7) is 5.09. The maximum atomic E-state index is 11.9. The number of aryl methyl sites for hydroxylation is 1. The Balaban J connectivity index is 1.40. The number of hydrogen-bond acceptors (Lipinski definition) is 6. The summed E-state index contributed by atoms with van der Waals surface area (Å²) in [7, 11) is 0. The van der Waals surface area contributed by atoms with Crippen molar-refractivity contribution in [1.82, 2.24) is 9.97 Å². The van der Waals surface area contributed by atoms with E-state index in [0.717, 1.165) is 49.2 Å². The summed E-state index contributed by atoms with van der Waals surface area (Å²) in [4.78, 5) is 23.2. The molecule has 0 radical (unpaired) electrons. The Morgan fingerprint density at radius 3 is 2.56 bits per heavy atom. The van der Waals surface area contributed by atoms with E-state index in [0.29, 0.717) is 18.3 Å². The minimum Gasteiger partial charge on any atom is -0.378 e. The highest BCUT2D eigenvalue weighted by Crippen LogP contribution is 2.32. The van der Waals surface area contributed by atoms with Crippen LogP contribution in [-0.2, 0) is 9.53 Å². The van der Waals surface area contributed by atoms with E-state index in [-0.39, 0.29) is 5.91 Å². The summed E-state index contributed by atoms with van der Waals surface area (Å²) < 4.78 is 5.41. The van der Waals surface area contributed by atoms with E-state index < -0.39 is 0 Å². The average Bonchev–Trinajstić information content (AvgIpc) is 3.47. The third kappa shape index (κ3) is 4.95. The molecule has 2 N–H and O–H groups in total. The Morgan fingerprint density at radius 2 is 1.85 bits per heavy atom. The number of nitrogens with one attached hydrogen (secondary N) is 2. The number of carbonyl (C=O) groups excluding carboxylic acids is 1. The molecule has 1 aliphatic heterocycles. The first-order valence-corrected chi connectivity index (χ1v) is 9.51. The zero-order valence-corrected chi connectivity index (χ0v) is 15.6. The van der Waals surface area contributed by atoms with Crippen molar-refractivity contribution in [1.29, 1.82) is 0 Å². The van der Waals surface area contributed by atoms with Gasteiger partial charge >= 0.3 is 0 Å². The van der Waals surface area contributed by atoms with E-state index in [2.05, 4.69) is 25.5 Å². The van der Waals surface area contributed by atoms with E-state index in [1.54, 1.807) is 0 Å². The van der Waals surface area contributed by atoms with Crippen LogP contribution in [0, 0.1) is 12.8 Å². The summed E-state index contributed by atoms with van der Waals surface area (Å²) in [6.07, 6.45) is 2.99. The summed E-state index contributed by atoms with van der Waals surface area (Å²) in [6, 6.07) is 9.63. The molecule has 0 unspecified atom stereocenters. The largest absolute Gasteiger partial charge is 0.378 e. The molecular formula is C20H25N5O2. The molecule has 1 aliphatic carbocycles. The van der Waals surface area contributed by atoms with E-state index in [4.69, 9.17) is 4.74 Å². The lowest BCUT2D eigenvalue weighted by Crippen LogP contribution is -2.36. The van der Waals surface area contributed by atoms with Crippen molar-refractivity contribution >= 4 is 29.0 Å². The van der Waals surface area contributed by atoms with Gasteiger partial charge in [0.25, 0.3) is 0 Å². The van der Waals surface area contributed by atoms with Gasteiger partial charge in [-0.2, -0.15) is 4.98 Å². The second-order valence-electron chi connectivity index (χ2n) is 7.19. The molecule has 1 saturated carbocycles. The van der Waals surface area contributed by atoms with Crippen LogP contribution in [-0.4, -0.2) is 42.2 Å². The highest BCUT2D eigenvalue weighted by Gasteiger charge is 2.24. The Hall–Kier alpha value is -2.67. The van der Waals surface area contributed by atoms with Gasteiger partial charge in [0.15, 0.2) is 0 Å². The zero-order chi connectivity index (χ0) is 18.6. The molecule has 27 heavy (non-hydrogen) atoms. The quantitative estimate of drug-likeness (QED) is 0.817. The van der Waals surface area contributed by atoms with Crippen LogP contribution < -0.4 is 15.5 Å². The van der Waals surface area contributed by atoms with Gasteiger partial charge in [0, 0.05) is 42.6 Å². The number of hydrogen-bond donors (Lipinski definition) is 2. The number of aromatic nitrogens is 2. The van der Waals surface area contributed by atoms with Crippen molar-refractivity contribution in [2.24, 2.45) is 5.92 Å². The Bertz CT molecular complexity index is 799. The number of carbonyl (C=O) groups is 1. The number of rotatable bonds is 6. The van der Waals surface area contributed by atoms with Gasteiger partial charge < -0.3 is 20.3 Å². The standard InChI is InChI=1S/C20H25N5O2/c1-14-12-18(25-8-10-27-11-9-25)24-20(21-14)23-17-6-4-16(5-7-17)22-19(26)13-15-2-3-15/h4-7,12,15H,2-3,8-11,13H2,1H3,(H,22,26)(H,21,23,24). The molecule has 1 aromatic carbocycles. The molecule has 2 fully saturated rings. The molecule has 142 valence electrons. The van der Waals surface area contributed by atoms with Crippen LogP contribution in [0.3, 0.4) is 0 Å². The van der Waals surface area contributed by atoms with Crippen LogP contribution >= 0.6 is 0 Å². The Morgan fingerprint density at radius 1 is 1.15 bits per heavy atom. The number of amides is 1. The highest BCUT2D eigenvalue weighted by molar-refractivity contribution is 5.91. The van der Waals surface area contributed by atoms with Gasteiger partial charge in [-0.3, -0.25) is 4.79 Å². The third-order valence-corrected chi connectivity index (χ3v) is 4.77. The lowest BCUT2D eigenvalue weighted by atomic mass is 10.2. The molecule has 1 aromatic heterocycles. The van der Waals surface area contributed by atoms with Crippen molar-refractivity contribution in [2.45, 2.75) is 26.2 Å². The first kappa shape index (κ1) is 17.7. The molecule has 0 atom stereocenters. The molecule has 1 saturated heterocycles. The predicted molar refractivity (Wildman–Crippen MR) is 105 cm³/mol. The fourth-order valence-corrected chi connectivity index (χ4v) is 3.12. The minimum atomic E-state index is 0.0929. The molecule has 7 heteroatoms. The van der Waals surface area contributed by atoms with Crippen molar-refractivity contribution < 1.29 is 9.53 Å². The van der Waals surface area contributed by atoms with Crippen molar-refractivity contribution in [3.63, 3.8) is 0 Å². The molecule has 1 amide bonds. The Kier molecular flexibility index (Phi) is 5.20. The van der Waals surface area contributed by atoms with Crippen molar-refractivity contribution in [3.05, 3.63) is 36.0 Å². The van der Waals surface area contributed by atoms with E-state index in [9.17, 15) is 4.79 Å². The zero-order valence-electron chi connectivity index (χ0n) is 15.6. The monoisotopic (exact) mass is 367 g/mol. The number of benzene rings is 1. The minimum absolute atomic E-state index is 0.0929. The molecule has 2 aliphatic rings. The van der Waals surface area contributed by atoms with Crippen LogP contribution in [0.25, 0.3) is 0 Å². The molecule has 4 rings (SSSR count). The molecule has 7 nitrogen and oxygen atoms in total. The van der Waals surface area contributed by atoms with Gasteiger partial charge in [0.2, 0.25) is 11.9 Å². The maximum Gasteiger partial charge on any atom is 0.229 e. The van der Waals surface area contributed by atoms with Crippen molar-refractivity contribution in [3.8, 4) is 0 Å². The first-order valence-electron chi connectivity index (χ1n) is 9.51. The normalized spacial score (nSPS) is 16.9. The predicted octanol–water partition coefficient (Wildman–Crippen LogP) is 3.10. The van der Waals surface area contributed by atoms with Gasteiger partial charge in [-0.05, 0) is 49.9 Å². The number of ether oxygens (including phenoxy) is 1. The van der Waals surface area contributed by atoms with Gasteiger partial charge in [-0.1, -0.05) is 0 Å². The van der Waals surface area contributed by atoms with Gasteiger partial charge in [0.05, 0.1) is 13.2 Å². The highest BCUT2D eigenvalue weighted by atomic mass is 16.5. The molecular weight excluding hydrogens is 342 g/mol. The van der Waals surface area contributed by atoms with Gasteiger partial charge in [-0.25, -0.2) is 4.98 Å².